The number of aromatic nitrogens is 2. The number of anilines is 1. The van der Waals surface area contributed by atoms with Crippen LogP contribution in [-0.2, 0) is 9.47 Å². The zero-order valence-corrected chi connectivity index (χ0v) is 35.6. The van der Waals surface area contributed by atoms with Crippen LogP contribution in [-0.4, -0.2) is 84.1 Å². The van der Waals surface area contributed by atoms with Crippen LogP contribution in [0.25, 0.3) is 32.8 Å². The van der Waals surface area contributed by atoms with E-state index in [0.29, 0.717) is 62.8 Å². The summed E-state index contributed by atoms with van der Waals surface area (Å²) in [7, 11) is -1.04. The van der Waals surface area contributed by atoms with Gasteiger partial charge in [-0.05, 0) is 86.8 Å². The lowest BCUT2D eigenvalue weighted by molar-refractivity contribution is 0.00603. The molecule has 0 aliphatic carbocycles. The van der Waals surface area contributed by atoms with Crippen molar-refractivity contribution in [1.29, 1.82) is 0 Å². The first-order valence-electron chi connectivity index (χ1n) is 19.5. The molecule has 2 bridgehead atoms. The third-order valence-corrected chi connectivity index (χ3v) is 18.2. The van der Waals surface area contributed by atoms with Gasteiger partial charge in [-0.3, -0.25) is 9.88 Å². The van der Waals surface area contributed by atoms with Crippen molar-refractivity contribution in [2.75, 3.05) is 25.1 Å². The van der Waals surface area contributed by atoms with Gasteiger partial charge in [-0.2, -0.15) is 0 Å². The smallest absolute Gasteiger partial charge is 0.411 e. The van der Waals surface area contributed by atoms with Crippen molar-refractivity contribution in [2.45, 2.75) is 123 Å². The number of halogens is 2. The highest BCUT2D eigenvalue weighted by Gasteiger charge is 2.50. The van der Waals surface area contributed by atoms with Gasteiger partial charge in [0, 0.05) is 46.7 Å². The molecule has 0 radical (unpaired) electrons. The summed E-state index contributed by atoms with van der Waals surface area (Å²) in [5, 5.41) is 12.6. The molecule has 2 aromatic carbocycles. The standard InChI is InChI=1S/C44H54F2N4O5Si/c1-23(2)56(24(3)4,25(5)6)16-15-31-34(45)14-13-28-17-29(42(52)54-12)18-32(38(28)31)40-39(46)37-26(7)27(8)48-41(33(37)20-47-40)49-21-30-19-36(51)35(22-49)50(30)43(53)55-44(9,10)11/h13-14,17-18,20,23-25,30,35-36,51H,19,21-22H2,1-12H3/t30-,35-,36-/m1/s1. The van der Waals surface area contributed by atoms with E-state index in [4.69, 9.17) is 19.4 Å². The highest BCUT2D eigenvalue weighted by molar-refractivity contribution is 6.90. The summed E-state index contributed by atoms with van der Waals surface area (Å²) in [5.74, 6) is 1.94. The van der Waals surface area contributed by atoms with Crippen molar-refractivity contribution in [3.05, 3.63) is 64.5 Å². The van der Waals surface area contributed by atoms with E-state index >= 15 is 8.78 Å². The Hall–Kier alpha value is -4.60. The number of hydrogen-bond acceptors (Lipinski definition) is 8. The van der Waals surface area contributed by atoms with E-state index in [0.717, 1.165) is 0 Å². The molecule has 2 aliphatic rings. The number of piperazine rings is 1. The molecule has 9 nitrogen and oxygen atoms in total. The lowest BCUT2D eigenvalue weighted by Crippen LogP contribution is -2.58. The Morgan fingerprint density at radius 1 is 1.00 bits per heavy atom. The molecule has 0 spiro atoms. The largest absolute Gasteiger partial charge is 0.465 e. The summed E-state index contributed by atoms with van der Waals surface area (Å²) >= 11 is 0. The molecule has 1 N–H and O–H groups in total. The van der Waals surface area contributed by atoms with E-state index in [-0.39, 0.29) is 40.4 Å². The van der Waals surface area contributed by atoms with Crippen LogP contribution in [0.3, 0.4) is 0 Å². The summed E-state index contributed by atoms with van der Waals surface area (Å²) in [6.45, 7) is 22.7. The van der Waals surface area contributed by atoms with Crippen molar-refractivity contribution in [2.24, 2.45) is 0 Å². The van der Waals surface area contributed by atoms with Gasteiger partial charge >= 0.3 is 12.1 Å². The van der Waals surface area contributed by atoms with Crippen LogP contribution < -0.4 is 4.90 Å². The summed E-state index contributed by atoms with van der Waals surface area (Å²) in [4.78, 5) is 39.5. The number of fused-ring (bicyclic) bond motifs is 4. The number of hydrogen-bond donors (Lipinski definition) is 1. The normalized spacial score (nSPS) is 18.6. The first-order valence-corrected chi connectivity index (χ1v) is 21.7. The minimum atomic E-state index is -2.31. The van der Waals surface area contributed by atoms with Crippen LogP contribution in [0.1, 0.15) is 95.9 Å². The fourth-order valence-electron chi connectivity index (χ4n) is 9.23. The van der Waals surface area contributed by atoms with Gasteiger partial charge in [0.25, 0.3) is 0 Å². The molecule has 4 aromatic rings. The quantitative estimate of drug-likeness (QED) is 0.117. The second-order valence-electron chi connectivity index (χ2n) is 17.4. The Kier molecular flexibility index (Phi) is 11.0. The number of nitrogens with zero attached hydrogens (tertiary/aromatic N) is 4. The second-order valence-corrected chi connectivity index (χ2v) is 22.9. The number of esters is 1. The minimum Gasteiger partial charge on any atom is -0.465 e. The summed E-state index contributed by atoms with van der Waals surface area (Å²) in [6, 6.07) is 5.13. The second kappa shape index (κ2) is 15.0. The van der Waals surface area contributed by atoms with Gasteiger partial charge in [0.1, 0.15) is 31.0 Å². The molecule has 3 atom stereocenters. The minimum absolute atomic E-state index is 0.0631. The Balaban J connectivity index is 1.56. The van der Waals surface area contributed by atoms with Crippen molar-refractivity contribution in [3.8, 4) is 22.7 Å². The van der Waals surface area contributed by atoms with E-state index < -0.39 is 49.5 Å². The van der Waals surface area contributed by atoms with Gasteiger partial charge < -0.3 is 19.5 Å². The van der Waals surface area contributed by atoms with E-state index in [9.17, 15) is 14.7 Å². The number of amides is 1. The number of aliphatic hydroxyl groups excluding tert-OH is 1. The topological polar surface area (TPSA) is 105 Å². The number of aliphatic hydroxyl groups is 1. The van der Waals surface area contributed by atoms with Crippen molar-refractivity contribution >= 4 is 47.5 Å². The molecule has 12 heteroatoms. The third-order valence-electron chi connectivity index (χ3n) is 11.9. The van der Waals surface area contributed by atoms with Crippen LogP contribution >= 0.6 is 0 Å². The number of methoxy groups -OCH3 is 1. The van der Waals surface area contributed by atoms with Gasteiger partial charge in [0.05, 0.1) is 36.4 Å². The van der Waals surface area contributed by atoms with E-state index in [1.54, 1.807) is 50.9 Å². The number of benzene rings is 2. The molecule has 0 unspecified atom stereocenters. The van der Waals surface area contributed by atoms with E-state index in [1.165, 1.54) is 19.2 Å². The van der Waals surface area contributed by atoms with Crippen LogP contribution in [0.15, 0.2) is 30.5 Å². The molecule has 6 rings (SSSR count). The number of rotatable bonds is 6. The first kappa shape index (κ1) is 41.0. The fourth-order valence-corrected chi connectivity index (χ4v) is 14.4. The highest BCUT2D eigenvalue weighted by Crippen LogP contribution is 2.43. The molecule has 4 heterocycles. The summed E-state index contributed by atoms with van der Waals surface area (Å²) < 4.78 is 44.4. The highest BCUT2D eigenvalue weighted by atomic mass is 28.3. The lowest BCUT2D eigenvalue weighted by atomic mass is 9.93. The maximum Gasteiger partial charge on any atom is 0.411 e. The monoisotopic (exact) mass is 784 g/mol. The molecule has 2 aliphatic heterocycles. The van der Waals surface area contributed by atoms with Crippen LogP contribution in [0, 0.1) is 36.9 Å². The molecule has 2 fully saturated rings. The maximum atomic E-state index is 17.5. The zero-order valence-electron chi connectivity index (χ0n) is 34.6. The van der Waals surface area contributed by atoms with Crippen molar-refractivity contribution < 1.29 is 33.0 Å². The van der Waals surface area contributed by atoms with Crippen molar-refractivity contribution in [1.82, 2.24) is 14.9 Å². The maximum absolute atomic E-state index is 17.5. The molecule has 56 heavy (non-hydrogen) atoms. The van der Waals surface area contributed by atoms with Gasteiger partial charge in [0.2, 0.25) is 0 Å². The van der Waals surface area contributed by atoms with Gasteiger partial charge in [-0.1, -0.05) is 53.5 Å². The molecule has 298 valence electrons. The average Bonchev–Trinajstić information content (AvgIpc) is 3.32. The molecular weight excluding hydrogens is 731 g/mol. The number of carbonyl (C=O) groups excluding carboxylic acids is 2. The van der Waals surface area contributed by atoms with Crippen LogP contribution in [0.2, 0.25) is 16.6 Å². The summed E-state index contributed by atoms with van der Waals surface area (Å²) in [5.41, 5.74) is 5.47. The van der Waals surface area contributed by atoms with Crippen LogP contribution in [0.5, 0.6) is 0 Å². The molecular formula is C44H54F2N4O5Si. The molecule has 1 amide bonds. The van der Waals surface area contributed by atoms with Crippen molar-refractivity contribution in [3.63, 3.8) is 0 Å². The predicted octanol–water partition coefficient (Wildman–Crippen LogP) is 9.26. The number of carbonyl (C=O) groups is 2. The van der Waals surface area contributed by atoms with Gasteiger partial charge in [-0.25, -0.2) is 23.4 Å². The van der Waals surface area contributed by atoms with E-state index in [2.05, 4.69) is 53.0 Å². The third kappa shape index (κ3) is 7.02. The first-order chi connectivity index (χ1) is 26.2. The molecule has 2 saturated heterocycles. The zero-order chi connectivity index (χ0) is 41.2. The lowest BCUT2D eigenvalue weighted by Gasteiger charge is -2.42. The van der Waals surface area contributed by atoms with Gasteiger partial charge in [0.15, 0.2) is 5.82 Å². The van der Waals surface area contributed by atoms with E-state index in [1.807, 2.05) is 11.8 Å². The van der Waals surface area contributed by atoms with Gasteiger partial charge in [-0.15, -0.1) is 5.54 Å². The Bertz CT molecular complexity index is 2270. The number of pyridine rings is 2. The predicted molar refractivity (Wildman–Crippen MR) is 220 cm³/mol. The van der Waals surface area contributed by atoms with Crippen LogP contribution in [0.4, 0.5) is 19.4 Å². The number of ether oxygens (including phenoxy) is 2. The Labute approximate surface area is 329 Å². The average molecular weight is 785 g/mol. The fraction of sp³-hybridized carbons (Fsp3) is 0.500. The summed E-state index contributed by atoms with van der Waals surface area (Å²) in [6.07, 6.45) is 0.697. The number of aryl methyl sites for hydroxylation is 2. The Morgan fingerprint density at radius 3 is 2.25 bits per heavy atom. The SMILES string of the molecule is COC(=O)c1cc(-c2ncc3c(N4C[C@H]5C[C@@H](O)[C@@H](C4)N5C(=O)OC(C)(C)C)nc(C)c(C)c3c2F)c2c(C#C[Si](C(C)C)(C(C)C)C(C)C)c(F)ccc2c1. The molecule has 2 aromatic heterocycles. The Morgan fingerprint density at radius 2 is 1.66 bits per heavy atom. The molecule has 0 saturated carbocycles.